The Morgan fingerprint density at radius 2 is 1.94 bits per heavy atom. The van der Waals surface area contributed by atoms with Crippen LogP contribution in [0.3, 0.4) is 0 Å². The van der Waals surface area contributed by atoms with Gasteiger partial charge < -0.3 is 19.9 Å². The van der Waals surface area contributed by atoms with E-state index in [-0.39, 0.29) is 11.6 Å². The van der Waals surface area contributed by atoms with Crippen LogP contribution in [0.4, 0.5) is 11.4 Å². The molecule has 0 radical (unpaired) electrons. The molecule has 1 fully saturated rings. The van der Waals surface area contributed by atoms with E-state index in [1.807, 2.05) is 36.4 Å². The van der Waals surface area contributed by atoms with Gasteiger partial charge in [0, 0.05) is 24.9 Å². The maximum Gasteiger partial charge on any atom is 0.356 e. The molecule has 2 N–H and O–H groups in total. The summed E-state index contributed by atoms with van der Waals surface area (Å²) in [4.78, 5) is 29.8. The first-order valence-corrected chi connectivity index (χ1v) is 10.7. The number of amides is 1. The summed E-state index contributed by atoms with van der Waals surface area (Å²) in [5.41, 5.74) is 3.34. The first kappa shape index (κ1) is 20.9. The highest BCUT2D eigenvalue weighted by Gasteiger charge is 2.25. The number of pyridine rings is 1. The van der Waals surface area contributed by atoms with Gasteiger partial charge in [-0.3, -0.25) is 4.79 Å². The summed E-state index contributed by atoms with van der Waals surface area (Å²) in [5.74, 6) is -0.667. The third-order valence-electron chi connectivity index (χ3n) is 5.88. The molecule has 0 aliphatic heterocycles. The van der Waals surface area contributed by atoms with Crippen LogP contribution < -0.4 is 10.6 Å². The van der Waals surface area contributed by atoms with Crippen molar-refractivity contribution in [2.45, 2.75) is 44.6 Å². The highest BCUT2D eigenvalue weighted by Crippen LogP contribution is 2.33. The van der Waals surface area contributed by atoms with Crippen LogP contribution in [0.1, 0.15) is 48.2 Å². The minimum atomic E-state index is -0.510. The topological polar surface area (TPSA) is 85.2 Å². The quantitative estimate of drug-likeness (QED) is 0.557. The molecular formula is C24H28N4O3. The van der Waals surface area contributed by atoms with Crippen molar-refractivity contribution in [2.24, 2.45) is 7.05 Å². The zero-order chi connectivity index (χ0) is 21.8. The van der Waals surface area contributed by atoms with Crippen LogP contribution in [0.15, 0.2) is 42.6 Å². The van der Waals surface area contributed by atoms with Crippen molar-refractivity contribution in [1.82, 2.24) is 9.55 Å². The second kappa shape index (κ2) is 9.20. The normalized spacial score (nSPS) is 14.0. The summed E-state index contributed by atoms with van der Waals surface area (Å²) in [6.45, 7) is 0. The molecular weight excluding hydrogens is 392 g/mol. The van der Waals surface area contributed by atoms with Gasteiger partial charge in [0.25, 0.3) is 0 Å². The molecule has 0 bridgehead atoms. The average Bonchev–Trinajstić information content (AvgIpc) is 3.39. The summed E-state index contributed by atoms with van der Waals surface area (Å²) in [7, 11) is 3.09. The maximum atomic E-state index is 12.8. The number of aryl methyl sites for hydroxylation is 2. The van der Waals surface area contributed by atoms with E-state index in [0.717, 1.165) is 29.5 Å². The number of benzene rings is 1. The number of carbonyl (C=O) groups is 2. The van der Waals surface area contributed by atoms with Crippen molar-refractivity contribution in [3.63, 3.8) is 0 Å². The maximum absolute atomic E-state index is 12.8. The zero-order valence-corrected chi connectivity index (χ0v) is 18.0. The molecule has 7 nitrogen and oxygen atoms in total. The molecule has 0 saturated heterocycles. The first-order chi connectivity index (χ1) is 15.1. The van der Waals surface area contributed by atoms with Gasteiger partial charge in [-0.25, -0.2) is 9.78 Å². The van der Waals surface area contributed by atoms with Crippen LogP contribution in [0.2, 0.25) is 0 Å². The predicted molar refractivity (Wildman–Crippen MR) is 121 cm³/mol. The number of hydrogen-bond donors (Lipinski definition) is 2. The highest BCUT2D eigenvalue weighted by atomic mass is 16.5. The van der Waals surface area contributed by atoms with Crippen LogP contribution in [0, 0.1) is 0 Å². The number of nitrogens with zero attached hydrogens (tertiary/aromatic N) is 2. The predicted octanol–water partition coefficient (Wildman–Crippen LogP) is 4.29. The van der Waals surface area contributed by atoms with Crippen molar-refractivity contribution >= 4 is 34.3 Å². The lowest BCUT2D eigenvalue weighted by Gasteiger charge is -2.13. The smallest absolute Gasteiger partial charge is 0.356 e. The molecule has 1 aliphatic rings. The number of methoxy groups -OCH3 is 1. The van der Waals surface area contributed by atoms with Gasteiger partial charge in [0.1, 0.15) is 5.65 Å². The third kappa shape index (κ3) is 4.55. The van der Waals surface area contributed by atoms with E-state index in [4.69, 9.17) is 4.74 Å². The number of carbonyl (C=O) groups excluding carboxylic acids is 2. The molecule has 0 spiro atoms. The summed E-state index contributed by atoms with van der Waals surface area (Å²) in [6.07, 6.45) is 7.46. The van der Waals surface area contributed by atoms with Gasteiger partial charge in [0.05, 0.1) is 24.7 Å². The number of aromatic nitrogens is 2. The number of rotatable bonds is 7. The molecule has 1 aromatic carbocycles. The van der Waals surface area contributed by atoms with E-state index in [1.165, 1.54) is 20.0 Å². The lowest BCUT2D eigenvalue weighted by atomic mass is 10.1. The van der Waals surface area contributed by atoms with Crippen molar-refractivity contribution in [3.05, 3.63) is 53.9 Å². The zero-order valence-electron chi connectivity index (χ0n) is 18.0. The molecule has 1 aliphatic carbocycles. The second-order valence-corrected chi connectivity index (χ2v) is 8.03. The number of esters is 1. The van der Waals surface area contributed by atoms with E-state index in [9.17, 15) is 9.59 Å². The minimum Gasteiger partial charge on any atom is -0.464 e. The van der Waals surface area contributed by atoms with Gasteiger partial charge in [0.15, 0.2) is 5.69 Å². The molecule has 0 atom stereocenters. The highest BCUT2D eigenvalue weighted by molar-refractivity contribution is 6.11. The lowest BCUT2D eigenvalue weighted by Crippen LogP contribution is -2.16. The second-order valence-electron chi connectivity index (χ2n) is 8.03. The van der Waals surface area contributed by atoms with Gasteiger partial charge >= 0.3 is 5.97 Å². The van der Waals surface area contributed by atoms with Gasteiger partial charge in [-0.1, -0.05) is 43.2 Å². The Kier molecular flexibility index (Phi) is 6.21. The molecule has 1 amide bonds. The molecule has 1 saturated carbocycles. The van der Waals surface area contributed by atoms with Crippen LogP contribution >= 0.6 is 0 Å². The van der Waals surface area contributed by atoms with Gasteiger partial charge in [-0.2, -0.15) is 0 Å². The van der Waals surface area contributed by atoms with Crippen molar-refractivity contribution in [1.29, 1.82) is 0 Å². The average molecular weight is 421 g/mol. The molecule has 3 aromatic rings. The Hall–Kier alpha value is -3.35. The SMILES string of the molecule is COC(=O)c1c(NC(=O)CCc2ccccc2)c2cc(NC3CCCC3)cnc2n1C. The molecule has 4 rings (SSSR count). The summed E-state index contributed by atoms with van der Waals surface area (Å²) in [6, 6.07) is 12.3. The van der Waals surface area contributed by atoms with Gasteiger partial charge in [-0.05, 0) is 30.9 Å². The van der Waals surface area contributed by atoms with Crippen molar-refractivity contribution in [2.75, 3.05) is 17.7 Å². The van der Waals surface area contributed by atoms with Crippen LogP contribution in [-0.4, -0.2) is 34.6 Å². The third-order valence-corrected chi connectivity index (χ3v) is 5.88. The van der Waals surface area contributed by atoms with Crippen molar-refractivity contribution in [3.8, 4) is 0 Å². The molecule has 7 heteroatoms. The first-order valence-electron chi connectivity index (χ1n) is 10.7. The van der Waals surface area contributed by atoms with Gasteiger partial charge in [0.2, 0.25) is 5.91 Å². The Bertz CT molecular complexity index is 1090. The Balaban J connectivity index is 1.63. The van der Waals surface area contributed by atoms with E-state index in [2.05, 4.69) is 15.6 Å². The van der Waals surface area contributed by atoms with E-state index in [1.54, 1.807) is 17.8 Å². The Morgan fingerprint density at radius 1 is 1.19 bits per heavy atom. The molecule has 31 heavy (non-hydrogen) atoms. The Labute approximate surface area is 181 Å². The van der Waals surface area contributed by atoms with Gasteiger partial charge in [-0.15, -0.1) is 0 Å². The standard InChI is InChI=1S/C24H28N4O3/c1-28-22(24(30)31-2)21(27-20(29)13-12-16-8-4-3-5-9-16)19-14-18(15-25-23(19)28)26-17-10-6-7-11-17/h3-5,8-9,14-15,17,26H,6-7,10-13H2,1-2H3,(H,27,29). The number of anilines is 2. The fourth-order valence-corrected chi connectivity index (χ4v) is 4.26. The van der Waals surface area contributed by atoms with E-state index in [0.29, 0.717) is 30.2 Å². The van der Waals surface area contributed by atoms with E-state index >= 15 is 0 Å². The van der Waals surface area contributed by atoms with Crippen LogP contribution in [-0.2, 0) is 23.0 Å². The van der Waals surface area contributed by atoms with Crippen LogP contribution in [0.5, 0.6) is 0 Å². The van der Waals surface area contributed by atoms with Crippen molar-refractivity contribution < 1.29 is 14.3 Å². The fraction of sp³-hybridized carbons (Fsp3) is 0.375. The Morgan fingerprint density at radius 3 is 2.65 bits per heavy atom. The number of hydrogen-bond acceptors (Lipinski definition) is 5. The lowest BCUT2D eigenvalue weighted by molar-refractivity contribution is -0.116. The number of nitrogens with one attached hydrogen (secondary N) is 2. The number of fused-ring (bicyclic) bond motifs is 1. The molecule has 0 unspecified atom stereocenters. The van der Waals surface area contributed by atoms with Crippen LogP contribution in [0.25, 0.3) is 11.0 Å². The molecule has 2 aromatic heterocycles. The molecule has 162 valence electrons. The summed E-state index contributed by atoms with van der Waals surface area (Å²) >= 11 is 0. The largest absolute Gasteiger partial charge is 0.464 e. The fourth-order valence-electron chi connectivity index (χ4n) is 4.26. The monoisotopic (exact) mass is 420 g/mol. The minimum absolute atomic E-state index is 0.157. The number of ether oxygens (including phenoxy) is 1. The summed E-state index contributed by atoms with van der Waals surface area (Å²) < 4.78 is 6.66. The molecule has 2 heterocycles. The summed E-state index contributed by atoms with van der Waals surface area (Å²) in [5, 5.41) is 7.21. The van der Waals surface area contributed by atoms with E-state index < -0.39 is 5.97 Å².